The van der Waals surface area contributed by atoms with Crippen molar-refractivity contribution in [1.82, 2.24) is 24.0 Å². The molecule has 3 aromatic rings. The summed E-state index contributed by atoms with van der Waals surface area (Å²) in [5, 5.41) is 10.5. The molecule has 0 saturated heterocycles. The second kappa shape index (κ2) is 8.51. The maximum Gasteiger partial charge on any atom is 0.332 e. The summed E-state index contributed by atoms with van der Waals surface area (Å²) in [6.45, 7) is -0.278. The zero-order valence-electron chi connectivity index (χ0n) is 15.8. The summed E-state index contributed by atoms with van der Waals surface area (Å²) in [4.78, 5) is 40.6. The SMILES string of the molecule is Cn1c(=O)c2c(ncn2CC(=O)N/C(N)=N\N=C\c2c(Cl)cccc2Cl)n(C)c1=O. The second-order valence-corrected chi connectivity index (χ2v) is 6.98. The highest BCUT2D eigenvalue weighted by atomic mass is 35.5. The van der Waals surface area contributed by atoms with Crippen molar-refractivity contribution in [2.24, 2.45) is 30.0 Å². The molecule has 1 aromatic carbocycles. The third-order valence-corrected chi connectivity index (χ3v) is 4.81. The monoisotopic (exact) mass is 450 g/mol. The van der Waals surface area contributed by atoms with Crippen molar-refractivity contribution in [3.63, 3.8) is 0 Å². The highest BCUT2D eigenvalue weighted by Gasteiger charge is 2.16. The van der Waals surface area contributed by atoms with E-state index in [4.69, 9.17) is 28.9 Å². The fourth-order valence-electron chi connectivity index (χ4n) is 2.66. The number of aromatic nitrogens is 4. The molecule has 0 aliphatic rings. The number of fused-ring (bicyclic) bond motifs is 1. The number of benzene rings is 1. The molecule has 0 fully saturated rings. The first-order valence-electron chi connectivity index (χ1n) is 8.42. The van der Waals surface area contributed by atoms with Gasteiger partial charge in [-0.1, -0.05) is 29.3 Å². The summed E-state index contributed by atoms with van der Waals surface area (Å²) in [6.07, 6.45) is 2.59. The molecule has 0 aliphatic heterocycles. The van der Waals surface area contributed by atoms with Crippen LogP contribution in [0.5, 0.6) is 0 Å². The Morgan fingerprint density at radius 3 is 2.57 bits per heavy atom. The molecule has 13 heteroatoms. The van der Waals surface area contributed by atoms with Crippen molar-refractivity contribution in [3.8, 4) is 0 Å². The van der Waals surface area contributed by atoms with E-state index in [1.54, 1.807) is 18.2 Å². The van der Waals surface area contributed by atoms with Crippen molar-refractivity contribution < 1.29 is 4.79 Å². The van der Waals surface area contributed by atoms with Gasteiger partial charge in [0.1, 0.15) is 6.54 Å². The quantitative estimate of drug-likeness (QED) is 0.331. The summed E-state index contributed by atoms with van der Waals surface area (Å²) in [7, 11) is 2.82. The number of rotatable bonds is 4. The van der Waals surface area contributed by atoms with E-state index < -0.39 is 17.2 Å². The van der Waals surface area contributed by atoms with Crippen molar-refractivity contribution in [1.29, 1.82) is 0 Å². The van der Waals surface area contributed by atoms with Crippen molar-refractivity contribution >= 4 is 52.4 Å². The molecule has 1 amide bonds. The minimum Gasteiger partial charge on any atom is -0.368 e. The number of nitrogens with two attached hydrogens (primary N) is 1. The van der Waals surface area contributed by atoms with Gasteiger partial charge in [-0.2, -0.15) is 5.10 Å². The molecule has 30 heavy (non-hydrogen) atoms. The molecule has 0 atom stereocenters. The number of hydrogen-bond acceptors (Lipinski definition) is 6. The maximum absolute atomic E-state index is 12.4. The molecular formula is C17H16Cl2N8O3. The lowest BCUT2D eigenvalue weighted by Crippen LogP contribution is -2.40. The van der Waals surface area contributed by atoms with Crippen LogP contribution in [0.15, 0.2) is 44.3 Å². The number of halogens is 2. The Morgan fingerprint density at radius 2 is 1.90 bits per heavy atom. The molecule has 0 spiro atoms. The molecule has 2 aromatic heterocycles. The Bertz CT molecular complexity index is 1300. The fraction of sp³-hybridized carbons (Fsp3) is 0.176. The number of aryl methyl sites for hydroxylation is 1. The predicted molar refractivity (Wildman–Crippen MR) is 114 cm³/mol. The van der Waals surface area contributed by atoms with Crippen molar-refractivity contribution in [3.05, 3.63) is 61.0 Å². The topological polar surface area (TPSA) is 142 Å². The summed E-state index contributed by atoms with van der Waals surface area (Å²) in [5.74, 6) is -0.846. The molecule has 2 heterocycles. The number of imidazole rings is 1. The number of hydrogen-bond donors (Lipinski definition) is 2. The largest absolute Gasteiger partial charge is 0.368 e. The summed E-state index contributed by atoms with van der Waals surface area (Å²) in [6, 6.07) is 4.96. The number of carbonyl (C=O) groups is 1. The van der Waals surface area contributed by atoms with Crippen molar-refractivity contribution in [2.45, 2.75) is 6.54 Å². The Morgan fingerprint density at radius 1 is 1.23 bits per heavy atom. The van der Waals surface area contributed by atoms with Crippen LogP contribution in [0.25, 0.3) is 11.2 Å². The van der Waals surface area contributed by atoms with Gasteiger partial charge in [-0.05, 0) is 12.1 Å². The Kier molecular flexibility index (Phi) is 6.04. The molecule has 0 unspecified atom stereocenters. The Balaban J connectivity index is 1.76. The van der Waals surface area contributed by atoms with Crippen LogP contribution in [-0.2, 0) is 25.4 Å². The minimum absolute atomic E-state index is 0.108. The van der Waals surface area contributed by atoms with E-state index in [2.05, 4.69) is 20.5 Å². The van der Waals surface area contributed by atoms with Crippen molar-refractivity contribution in [2.75, 3.05) is 0 Å². The first kappa shape index (κ1) is 21.3. The summed E-state index contributed by atoms with van der Waals surface area (Å²) >= 11 is 12.0. The number of nitrogens with one attached hydrogen (secondary N) is 1. The average molecular weight is 451 g/mol. The van der Waals surface area contributed by atoms with Gasteiger partial charge in [-0.25, -0.2) is 9.78 Å². The first-order valence-corrected chi connectivity index (χ1v) is 9.17. The van der Waals surface area contributed by atoms with Gasteiger partial charge >= 0.3 is 5.69 Å². The van der Waals surface area contributed by atoms with Crippen LogP contribution in [0.3, 0.4) is 0 Å². The molecule has 0 bridgehead atoms. The standard InChI is InChI=1S/C17H16Cl2N8O3/c1-25-14-13(15(29)26(2)17(25)30)27(8-21-14)7-12(28)23-16(20)24-22-6-9-10(18)4-3-5-11(9)19/h3-6,8H,7H2,1-2H3,(H3,20,23,24,28)/b22-6+. The molecule has 156 valence electrons. The van der Waals surface area contributed by atoms with Gasteiger partial charge in [0, 0.05) is 19.7 Å². The molecular weight excluding hydrogens is 435 g/mol. The Hall–Kier alpha value is -3.44. The first-order chi connectivity index (χ1) is 14.2. The van der Waals surface area contributed by atoms with Crippen LogP contribution in [0.1, 0.15) is 5.56 Å². The molecule has 0 radical (unpaired) electrons. The smallest absolute Gasteiger partial charge is 0.332 e. The Labute approximate surface area is 179 Å². The number of nitrogens with zero attached hydrogens (tertiary/aromatic N) is 6. The number of guanidine groups is 1. The van der Waals surface area contributed by atoms with Gasteiger partial charge < -0.3 is 10.3 Å². The predicted octanol–water partition coefficient (Wildman–Crippen LogP) is 0.206. The van der Waals surface area contributed by atoms with Gasteiger partial charge in [-0.15, -0.1) is 5.10 Å². The minimum atomic E-state index is -0.572. The third kappa shape index (κ3) is 4.11. The molecule has 11 nitrogen and oxygen atoms in total. The van der Waals surface area contributed by atoms with E-state index in [-0.39, 0.29) is 23.7 Å². The average Bonchev–Trinajstić information content (AvgIpc) is 3.10. The van der Waals surface area contributed by atoms with Crippen LogP contribution < -0.4 is 22.3 Å². The number of amides is 1. The zero-order chi connectivity index (χ0) is 22.0. The molecule has 3 N–H and O–H groups in total. The fourth-order valence-corrected chi connectivity index (χ4v) is 3.16. The van der Waals surface area contributed by atoms with Gasteiger partial charge in [0.2, 0.25) is 11.9 Å². The van der Waals surface area contributed by atoms with E-state index in [1.807, 2.05) is 0 Å². The molecule has 0 saturated carbocycles. The van der Waals surface area contributed by atoms with Crippen LogP contribution in [-0.4, -0.2) is 36.8 Å². The van der Waals surface area contributed by atoms with Crippen LogP contribution in [0.2, 0.25) is 10.0 Å². The summed E-state index contributed by atoms with van der Waals surface area (Å²) < 4.78 is 3.46. The second-order valence-electron chi connectivity index (χ2n) is 6.16. The molecule has 0 aliphatic carbocycles. The third-order valence-electron chi connectivity index (χ3n) is 4.15. The van der Waals surface area contributed by atoms with Gasteiger partial charge in [-0.3, -0.25) is 24.0 Å². The zero-order valence-corrected chi connectivity index (χ0v) is 17.3. The van der Waals surface area contributed by atoms with E-state index in [0.717, 1.165) is 4.57 Å². The van der Waals surface area contributed by atoms with E-state index in [9.17, 15) is 14.4 Å². The highest BCUT2D eigenvalue weighted by molar-refractivity contribution is 6.38. The van der Waals surface area contributed by atoms with Gasteiger partial charge in [0.25, 0.3) is 5.56 Å². The molecule has 3 rings (SSSR count). The lowest BCUT2D eigenvalue weighted by atomic mass is 10.2. The van der Waals surface area contributed by atoms with Crippen LogP contribution in [0, 0.1) is 0 Å². The van der Waals surface area contributed by atoms with Crippen LogP contribution in [0.4, 0.5) is 0 Å². The highest BCUT2D eigenvalue weighted by Crippen LogP contribution is 2.22. The van der Waals surface area contributed by atoms with Gasteiger partial charge in [0.05, 0.1) is 22.6 Å². The summed E-state index contributed by atoms with van der Waals surface area (Å²) in [5.41, 5.74) is 5.30. The van der Waals surface area contributed by atoms with Crippen LogP contribution >= 0.6 is 23.2 Å². The van der Waals surface area contributed by atoms with E-state index >= 15 is 0 Å². The lowest BCUT2D eigenvalue weighted by Gasteiger charge is -2.07. The lowest BCUT2D eigenvalue weighted by molar-refractivity contribution is -0.120. The maximum atomic E-state index is 12.4. The van der Waals surface area contributed by atoms with E-state index in [1.165, 1.54) is 35.8 Å². The number of carbonyl (C=O) groups excluding carboxylic acids is 1. The van der Waals surface area contributed by atoms with E-state index in [0.29, 0.717) is 15.6 Å². The normalized spacial score (nSPS) is 12.1. The van der Waals surface area contributed by atoms with Gasteiger partial charge in [0.15, 0.2) is 11.2 Å².